The lowest BCUT2D eigenvalue weighted by molar-refractivity contribution is -0.0236. The summed E-state index contributed by atoms with van der Waals surface area (Å²) in [6, 6.07) is 31.4. The van der Waals surface area contributed by atoms with Crippen molar-refractivity contribution in [3.63, 3.8) is 0 Å². The van der Waals surface area contributed by atoms with Crippen LogP contribution in [0.2, 0.25) is 0 Å². The molecule has 2 atom stereocenters. The van der Waals surface area contributed by atoms with E-state index in [1.54, 1.807) is 17.0 Å². The van der Waals surface area contributed by atoms with Crippen molar-refractivity contribution >= 4 is 57.6 Å². The molecule has 0 saturated carbocycles. The van der Waals surface area contributed by atoms with E-state index < -0.39 is 9.89 Å². The van der Waals surface area contributed by atoms with E-state index in [1.165, 1.54) is 0 Å². The van der Waals surface area contributed by atoms with Gasteiger partial charge in [-0.15, -0.1) is 0 Å². The van der Waals surface area contributed by atoms with Gasteiger partial charge in [-0.25, -0.2) is 9.59 Å². The number of halogens is 3. The molecule has 1 aliphatic rings. The molecule has 1 heterocycles. The molecule has 1 saturated heterocycles. The lowest BCUT2D eigenvalue weighted by Gasteiger charge is -2.38. The molecule has 46 heavy (non-hydrogen) atoms. The standard InChI is InChI=1S/C36H36Cl3NO6/c37-36(38,39)25-46-35(42)40-18-17-32(33(23-40)45-24-26-15-16-27-9-4-5-12-29(27)21-26)30-13-8-14-31(22-30)43-19-6-7-20-44-34(41)28-10-2-1-3-11-28/h1-5,8-16,21-22,32-33H,6-7,17-20,23-25H2. The topological polar surface area (TPSA) is 74.3 Å². The predicted octanol–water partition coefficient (Wildman–Crippen LogP) is 8.74. The minimum atomic E-state index is -1.69. The summed E-state index contributed by atoms with van der Waals surface area (Å²) in [5.74, 6) is 0.436. The number of piperidine rings is 1. The van der Waals surface area contributed by atoms with Gasteiger partial charge in [-0.05, 0) is 71.5 Å². The van der Waals surface area contributed by atoms with E-state index in [2.05, 4.69) is 36.4 Å². The van der Waals surface area contributed by atoms with E-state index in [9.17, 15) is 9.59 Å². The predicted molar refractivity (Wildman–Crippen MR) is 181 cm³/mol. The first kappa shape index (κ1) is 33.9. The van der Waals surface area contributed by atoms with Gasteiger partial charge in [0.2, 0.25) is 3.79 Å². The molecule has 4 aromatic carbocycles. The number of benzene rings is 4. The van der Waals surface area contributed by atoms with Crippen molar-refractivity contribution < 1.29 is 28.5 Å². The molecule has 0 bridgehead atoms. The summed E-state index contributed by atoms with van der Waals surface area (Å²) in [5.41, 5.74) is 2.65. The average molecular weight is 685 g/mol. The third-order valence-electron chi connectivity index (χ3n) is 7.79. The summed E-state index contributed by atoms with van der Waals surface area (Å²) in [6.45, 7) is 1.65. The molecular weight excluding hydrogens is 649 g/mol. The summed E-state index contributed by atoms with van der Waals surface area (Å²) < 4.78 is 21.5. The highest BCUT2D eigenvalue weighted by atomic mass is 35.6. The summed E-state index contributed by atoms with van der Waals surface area (Å²) in [6.07, 6.45) is 1.22. The number of unbranched alkanes of at least 4 members (excludes halogenated alkanes) is 1. The van der Waals surface area contributed by atoms with Gasteiger partial charge in [0.25, 0.3) is 0 Å². The van der Waals surface area contributed by atoms with Gasteiger partial charge in [0.1, 0.15) is 12.4 Å². The number of alkyl halides is 3. The van der Waals surface area contributed by atoms with Crippen molar-refractivity contribution in [2.75, 3.05) is 32.9 Å². The molecule has 0 spiro atoms. The summed E-state index contributed by atoms with van der Waals surface area (Å²) in [5, 5.41) is 2.30. The van der Waals surface area contributed by atoms with Gasteiger partial charge >= 0.3 is 12.1 Å². The molecule has 1 fully saturated rings. The Kier molecular flexibility index (Phi) is 12.0. The molecule has 242 valence electrons. The Hall–Kier alpha value is -3.49. The third kappa shape index (κ3) is 10.0. The molecule has 10 heteroatoms. The largest absolute Gasteiger partial charge is 0.494 e. The maximum Gasteiger partial charge on any atom is 0.409 e. The second kappa shape index (κ2) is 16.4. The highest BCUT2D eigenvalue weighted by Crippen LogP contribution is 2.34. The Labute approximate surface area is 284 Å². The van der Waals surface area contributed by atoms with Gasteiger partial charge in [-0.3, -0.25) is 0 Å². The van der Waals surface area contributed by atoms with Crippen LogP contribution in [0.1, 0.15) is 46.7 Å². The van der Waals surface area contributed by atoms with Crippen LogP contribution in [0.3, 0.4) is 0 Å². The maximum atomic E-state index is 12.8. The minimum Gasteiger partial charge on any atom is -0.494 e. The highest BCUT2D eigenvalue weighted by Gasteiger charge is 2.35. The molecule has 0 aliphatic carbocycles. The van der Waals surface area contributed by atoms with Crippen molar-refractivity contribution in [2.45, 2.75) is 41.7 Å². The zero-order valence-corrected chi connectivity index (χ0v) is 27.6. The van der Waals surface area contributed by atoms with Gasteiger partial charge in [-0.1, -0.05) is 102 Å². The van der Waals surface area contributed by atoms with Gasteiger partial charge in [-0.2, -0.15) is 0 Å². The Morgan fingerprint density at radius 3 is 2.37 bits per heavy atom. The monoisotopic (exact) mass is 683 g/mol. The number of carbonyl (C=O) groups excluding carboxylic acids is 2. The van der Waals surface area contributed by atoms with Crippen molar-refractivity contribution in [3.8, 4) is 5.75 Å². The minimum absolute atomic E-state index is 0.0126. The number of hydrogen-bond acceptors (Lipinski definition) is 6. The number of hydrogen-bond donors (Lipinski definition) is 0. The van der Waals surface area contributed by atoms with Crippen molar-refractivity contribution in [2.24, 2.45) is 0 Å². The molecular formula is C36H36Cl3NO6. The maximum absolute atomic E-state index is 12.8. The summed E-state index contributed by atoms with van der Waals surface area (Å²) in [7, 11) is 0. The molecule has 0 N–H and O–H groups in total. The molecule has 1 aliphatic heterocycles. The number of nitrogens with zero attached hydrogens (tertiary/aromatic N) is 1. The normalized spacial score (nSPS) is 16.6. The molecule has 0 radical (unpaired) electrons. The van der Waals surface area contributed by atoms with E-state index >= 15 is 0 Å². The van der Waals surface area contributed by atoms with Crippen LogP contribution < -0.4 is 4.74 Å². The average Bonchev–Trinajstić information content (AvgIpc) is 3.07. The zero-order chi connectivity index (χ0) is 32.4. The van der Waals surface area contributed by atoms with Gasteiger partial charge in [0, 0.05) is 12.5 Å². The number of rotatable bonds is 12. The van der Waals surface area contributed by atoms with E-state index in [4.69, 9.17) is 53.8 Å². The van der Waals surface area contributed by atoms with E-state index in [1.807, 2.05) is 48.5 Å². The SMILES string of the molecule is O=C(OCCCCOc1cccc(C2CCN(C(=O)OCC(Cl)(Cl)Cl)CC2OCc2ccc3ccccc3c2)c1)c1ccccc1. The van der Waals surface area contributed by atoms with Crippen LogP contribution in [-0.4, -0.2) is 59.8 Å². The summed E-state index contributed by atoms with van der Waals surface area (Å²) in [4.78, 5) is 26.5. The quantitative estimate of drug-likeness (QED) is 0.0844. The second-order valence-electron chi connectivity index (χ2n) is 11.2. The van der Waals surface area contributed by atoms with Gasteiger partial charge in [0.15, 0.2) is 0 Å². The number of likely N-dealkylation sites (tertiary alicyclic amines) is 1. The first-order chi connectivity index (χ1) is 22.2. The Bertz CT molecular complexity index is 1600. The molecule has 1 amide bonds. The first-order valence-corrected chi connectivity index (χ1v) is 16.4. The van der Waals surface area contributed by atoms with Gasteiger partial charge < -0.3 is 23.8 Å². The van der Waals surface area contributed by atoms with Crippen molar-refractivity contribution in [1.82, 2.24) is 4.90 Å². The number of fused-ring (bicyclic) bond motifs is 1. The lowest BCUT2D eigenvalue weighted by atomic mass is 9.87. The summed E-state index contributed by atoms with van der Waals surface area (Å²) >= 11 is 17.4. The van der Waals surface area contributed by atoms with Crippen molar-refractivity contribution in [1.29, 1.82) is 0 Å². The molecule has 0 aromatic heterocycles. The molecule has 7 nitrogen and oxygen atoms in total. The fraction of sp³-hybridized carbons (Fsp3) is 0.333. The van der Waals surface area contributed by atoms with Crippen LogP contribution in [0.25, 0.3) is 10.8 Å². The van der Waals surface area contributed by atoms with Gasteiger partial charge in [0.05, 0.1) is 38.0 Å². The van der Waals surface area contributed by atoms with E-state index in [0.29, 0.717) is 51.3 Å². The Balaban J connectivity index is 1.19. The lowest BCUT2D eigenvalue weighted by Crippen LogP contribution is -2.47. The zero-order valence-electron chi connectivity index (χ0n) is 25.3. The van der Waals surface area contributed by atoms with Crippen LogP contribution in [-0.2, 0) is 20.8 Å². The smallest absolute Gasteiger partial charge is 0.409 e. The van der Waals surface area contributed by atoms with Crippen LogP contribution in [0.5, 0.6) is 5.75 Å². The fourth-order valence-electron chi connectivity index (χ4n) is 5.45. The van der Waals surface area contributed by atoms with Crippen molar-refractivity contribution in [3.05, 3.63) is 114 Å². The molecule has 5 rings (SSSR count). The second-order valence-corrected chi connectivity index (χ2v) is 13.7. The Morgan fingerprint density at radius 1 is 0.804 bits per heavy atom. The van der Waals surface area contributed by atoms with Crippen LogP contribution in [0, 0.1) is 0 Å². The number of amides is 1. The van der Waals surface area contributed by atoms with Crippen LogP contribution in [0.15, 0.2) is 97.1 Å². The molecule has 4 aromatic rings. The Morgan fingerprint density at radius 2 is 1.57 bits per heavy atom. The number of carbonyl (C=O) groups is 2. The highest BCUT2D eigenvalue weighted by molar-refractivity contribution is 6.67. The third-order valence-corrected chi connectivity index (χ3v) is 8.12. The van der Waals surface area contributed by atoms with E-state index in [-0.39, 0.29) is 24.6 Å². The number of esters is 1. The van der Waals surface area contributed by atoms with Crippen LogP contribution in [0.4, 0.5) is 4.79 Å². The fourth-order valence-corrected chi connectivity index (χ4v) is 5.61. The van der Waals surface area contributed by atoms with E-state index in [0.717, 1.165) is 34.1 Å². The van der Waals surface area contributed by atoms with Crippen LogP contribution >= 0.6 is 34.8 Å². The number of ether oxygens (including phenoxy) is 4. The molecule has 2 unspecified atom stereocenters. The first-order valence-electron chi connectivity index (χ1n) is 15.3.